The molecule has 2 heterocycles. The van der Waals surface area contributed by atoms with Crippen LogP contribution < -0.4 is 5.32 Å². The molecule has 0 radical (unpaired) electrons. The normalized spacial score (nSPS) is 25.3. The third-order valence-electron chi connectivity index (χ3n) is 4.14. The molecule has 2 fully saturated rings. The van der Waals surface area contributed by atoms with Crippen LogP contribution in [-0.2, 0) is 4.79 Å². The predicted octanol–water partition coefficient (Wildman–Crippen LogP) is 0.929. The molecule has 18 heavy (non-hydrogen) atoms. The molecule has 0 bridgehead atoms. The molecule has 4 nitrogen and oxygen atoms in total. The molecule has 0 spiro atoms. The van der Waals surface area contributed by atoms with Crippen LogP contribution in [-0.4, -0.2) is 61.0 Å². The van der Waals surface area contributed by atoms with E-state index in [2.05, 4.69) is 29.0 Å². The van der Waals surface area contributed by atoms with Crippen molar-refractivity contribution in [2.75, 3.05) is 39.3 Å². The van der Waals surface area contributed by atoms with Crippen LogP contribution in [0, 0.1) is 5.92 Å². The highest BCUT2D eigenvalue weighted by atomic mass is 16.2. The van der Waals surface area contributed by atoms with Crippen molar-refractivity contribution in [3.8, 4) is 0 Å². The number of hydrogen-bond donors (Lipinski definition) is 1. The molecule has 4 heteroatoms. The number of nitrogens with one attached hydrogen (secondary N) is 1. The standard InChI is InChI=1S/C14H27N3O/c1-3-6-16(13-8-15-9-13)11-14(18)17-7-4-5-12(2)10-17/h12-13,15H,3-11H2,1-2H3. The number of rotatable bonds is 5. The highest BCUT2D eigenvalue weighted by molar-refractivity contribution is 5.78. The Bertz CT molecular complexity index is 278. The van der Waals surface area contributed by atoms with E-state index in [-0.39, 0.29) is 0 Å². The lowest BCUT2D eigenvalue weighted by Crippen LogP contribution is -2.59. The summed E-state index contributed by atoms with van der Waals surface area (Å²) in [6.45, 7) is 10.1. The summed E-state index contributed by atoms with van der Waals surface area (Å²) < 4.78 is 0. The Morgan fingerprint density at radius 1 is 1.44 bits per heavy atom. The van der Waals surface area contributed by atoms with Crippen molar-refractivity contribution in [2.45, 2.75) is 39.2 Å². The van der Waals surface area contributed by atoms with Crippen molar-refractivity contribution >= 4 is 5.91 Å². The molecular weight excluding hydrogens is 226 g/mol. The fourth-order valence-electron chi connectivity index (χ4n) is 2.90. The van der Waals surface area contributed by atoms with Crippen molar-refractivity contribution in [3.63, 3.8) is 0 Å². The molecule has 1 N–H and O–H groups in total. The van der Waals surface area contributed by atoms with E-state index in [0.29, 0.717) is 24.4 Å². The van der Waals surface area contributed by atoms with E-state index in [1.807, 2.05) is 0 Å². The molecule has 0 saturated carbocycles. The van der Waals surface area contributed by atoms with Crippen LogP contribution >= 0.6 is 0 Å². The van der Waals surface area contributed by atoms with Gasteiger partial charge in [0.2, 0.25) is 5.91 Å². The van der Waals surface area contributed by atoms with E-state index in [1.54, 1.807) is 0 Å². The van der Waals surface area contributed by atoms with E-state index < -0.39 is 0 Å². The number of hydrogen-bond acceptors (Lipinski definition) is 3. The highest BCUT2D eigenvalue weighted by Crippen LogP contribution is 2.16. The highest BCUT2D eigenvalue weighted by Gasteiger charge is 2.28. The first-order chi connectivity index (χ1) is 8.70. The summed E-state index contributed by atoms with van der Waals surface area (Å²) in [7, 11) is 0. The summed E-state index contributed by atoms with van der Waals surface area (Å²) in [5.41, 5.74) is 0. The zero-order chi connectivity index (χ0) is 13.0. The third-order valence-corrected chi connectivity index (χ3v) is 4.14. The van der Waals surface area contributed by atoms with Crippen LogP contribution in [0.4, 0.5) is 0 Å². The van der Waals surface area contributed by atoms with Crippen molar-refractivity contribution in [3.05, 3.63) is 0 Å². The minimum Gasteiger partial charge on any atom is -0.341 e. The maximum atomic E-state index is 12.3. The number of carbonyl (C=O) groups excluding carboxylic acids is 1. The first kappa shape index (κ1) is 13.8. The SMILES string of the molecule is CCCN(CC(=O)N1CCCC(C)C1)C1CNC1. The zero-order valence-corrected chi connectivity index (χ0v) is 11.8. The molecular formula is C14H27N3O. The maximum Gasteiger partial charge on any atom is 0.236 e. The average molecular weight is 253 g/mol. The fraction of sp³-hybridized carbons (Fsp3) is 0.929. The molecule has 2 saturated heterocycles. The molecule has 104 valence electrons. The molecule has 1 amide bonds. The van der Waals surface area contributed by atoms with Gasteiger partial charge in [-0.15, -0.1) is 0 Å². The first-order valence-corrected chi connectivity index (χ1v) is 7.43. The molecule has 0 aromatic heterocycles. The van der Waals surface area contributed by atoms with Crippen molar-refractivity contribution < 1.29 is 4.79 Å². The Kier molecular flexibility index (Phi) is 5.01. The van der Waals surface area contributed by atoms with Crippen LogP contribution in [0.3, 0.4) is 0 Å². The molecule has 0 aromatic rings. The van der Waals surface area contributed by atoms with Gasteiger partial charge in [0.05, 0.1) is 6.54 Å². The minimum absolute atomic E-state index is 0.335. The summed E-state index contributed by atoms with van der Waals surface area (Å²) in [4.78, 5) is 16.8. The van der Waals surface area contributed by atoms with Crippen molar-refractivity contribution in [1.29, 1.82) is 0 Å². The summed E-state index contributed by atoms with van der Waals surface area (Å²) in [5.74, 6) is 1.01. The second-order valence-corrected chi connectivity index (χ2v) is 5.87. The van der Waals surface area contributed by atoms with Crippen molar-refractivity contribution in [1.82, 2.24) is 15.1 Å². The second kappa shape index (κ2) is 6.53. The monoisotopic (exact) mass is 253 g/mol. The molecule has 2 rings (SSSR count). The van der Waals surface area contributed by atoms with Crippen LogP contribution in [0.25, 0.3) is 0 Å². The summed E-state index contributed by atoms with van der Waals surface area (Å²) >= 11 is 0. The Labute approximate surface area is 111 Å². The number of likely N-dealkylation sites (tertiary alicyclic amines) is 1. The molecule has 0 aromatic carbocycles. The Morgan fingerprint density at radius 2 is 2.22 bits per heavy atom. The van der Waals surface area contributed by atoms with Gasteiger partial charge in [-0.3, -0.25) is 9.69 Å². The summed E-state index contributed by atoms with van der Waals surface area (Å²) in [6, 6.07) is 0.580. The Morgan fingerprint density at radius 3 is 2.78 bits per heavy atom. The smallest absolute Gasteiger partial charge is 0.236 e. The average Bonchev–Trinajstić information content (AvgIpc) is 2.27. The predicted molar refractivity (Wildman–Crippen MR) is 73.5 cm³/mol. The van der Waals surface area contributed by atoms with Gasteiger partial charge < -0.3 is 10.2 Å². The van der Waals surface area contributed by atoms with E-state index in [0.717, 1.165) is 39.1 Å². The summed E-state index contributed by atoms with van der Waals surface area (Å²) in [5, 5.41) is 3.29. The van der Waals surface area contributed by atoms with Crippen LogP contribution in [0.1, 0.15) is 33.1 Å². The van der Waals surface area contributed by atoms with Crippen LogP contribution in [0.2, 0.25) is 0 Å². The molecule has 2 aliphatic rings. The lowest BCUT2D eigenvalue weighted by Gasteiger charge is -2.39. The van der Waals surface area contributed by atoms with Gasteiger partial charge in [-0.1, -0.05) is 13.8 Å². The molecule has 0 aliphatic carbocycles. The Hall–Kier alpha value is -0.610. The zero-order valence-electron chi connectivity index (χ0n) is 11.8. The van der Waals surface area contributed by atoms with Gasteiger partial charge in [0.1, 0.15) is 0 Å². The van der Waals surface area contributed by atoms with Crippen molar-refractivity contribution in [2.24, 2.45) is 5.92 Å². The molecule has 1 unspecified atom stereocenters. The minimum atomic E-state index is 0.335. The topological polar surface area (TPSA) is 35.6 Å². The van der Waals surface area contributed by atoms with Crippen LogP contribution in [0.15, 0.2) is 0 Å². The second-order valence-electron chi connectivity index (χ2n) is 5.87. The van der Waals surface area contributed by atoms with Gasteiger partial charge in [0, 0.05) is 32.2 Å². The van der Waals surface area contributed by atoms with E-state index in [9.17, 15) is 4.79 Å². The molecule has 2 aliphatic heterocycles. The van der Waals surface area contributed by atoms with Gasteiger partial charge in [-0.25, -0.2) is 0 Å². The van der Waals surface area contributed by atoms with Gasteiger partial charge in [-0.2, -0.15) is 0 Å². The lowest BCUT2D eigenvalue weighted by molar-refractivity contribution is -0.135. The largest absolute Gasteiger partial charge is 0.341 e. The third kappa shape index (κ3) is 3.45. The molecule has 1 atom stereocenters. The fourth-order valence-corrected chi connectivity index (χ4v) is 2.90. The first-order valence-electron chi connectivity index (χ1n) is 7.43. The summed E-state index contributed by atoms with van der Waals surface area (Å²) in [6.07, 6.45) is 3.57. The van der Waals surface area contributed by atoms with Gasteiger partial charge in [-0.05, 0) is 31.7 Å². The van der Waals surface area contributed by atoms with Crippen LogP contribution in [0.5, 0.6) is 0 Å². The number of carbonyl (C=O) groups is 1. The van der Waals surface area contributed by atoms with E-state index >= 15 is 0 Å². The van der Waals surface area contributed by atoms with Gasteiger partial charge in [0.25, 0.3) is 0 Å². The number of piperidine rings is 1. The lowest BCUT2D eigenvalue weighted by atomic mass is 10.0. The van der Waals surface area contributed by atoms with Gasteiger partial charge in [0.15, 0.2) is 0 Å². The van der Waals surface area contributed by atoms with E-state index in [4.69, 9.17) is 0 Å². The van der Waals surface area contributed by atoms with E-state index in [1.165, 1.54) is 12.8 Å². The Balaban J connectivity index is 1.83. The number of nitrogens with zero attached hydrogens (tertiary/aromatic N) is 2. The maximum absolute atomic E-state index is 12.3. The van der Waals surface area contributed by atoms with Gasteiger partial charge >= 0.3 is 0 Å². The number of amides is 1. The quantitative estimate of drug-likeness (QED) is 0.792.